The number of rotatable bonds is 4. The molecule has 1 rings (SSSR count). The van der Waals surface area contributed by atoms with Crippen molar-refractivity contribution in [1.82, 2.24) is 5.32 Å². The van der Waals surface area contributed by atoms with Gasteiger partial charge in [-0.1, -0.05) is 18.2 Å². The first kappa shape index (κ1) is 10.4. The van der Waals surface area contributed by atoms with E-state index in [1.165, 1.54) is 0 Å². The molecule has 0 saturated carbocycles. The van der Waals surface area contributed by atoms with Crippen molar-refractivity contribution < 1.29 is 9.59 Å². The molecule has 0 heterocycles. The van der Waals surface area contributed by atoms with Crippen molar-refractivity contribution in [1.29, 1.82) is 0 Å². The number of hydrogen-bond donors (Lipinski definition) is 1. The van der Waals surface area contributed by atoms with Gasteiger partial charge in [0.25, 0.3) is 5.91 Å². The summed E-state index contributed by atoms with van der Waals surface area (Å²) in [6.07, 6.45) is 1.15. The first-order valence-corrected chi connectivity index (χ1v) is 4.53. The molecule has 1 aromatic carbocycles. The molecule has 0 spiro atoms. The molecule has 0 aromatic heterocycles. The third-order valence-corrected chi connectivity index (χ3v) is 1.86. The number of aldehydes is 1. The van der Waals surface area contributed by atoms with Crippen molar-refractivity contribution in [2.75, 3.05) is 0 Å². The lowest BCUT2D eigenvalue weighted by atomic mass is 10.2. The summed E-state index contributed by atoms with van der Waals surface area (Å²) in [6.45, 7) is 1.80. The molecule has 0 aliphatic heterocycles. The van der Waals surface area contributed by atoms with E-state index in [0.717, 1.165) is 6.29 Å². The third kappa shape index (κ3) is 3.01. The monoisotopic (exact) mass is 191 g/mol. The van der Waals surface area contributed by atoms with Crippen LogP contribution < -0.4 is 5.32 Å². The van der Waals surface area contributed by atoms with Crippen molar-refractivity contribution >= 4 is 12.2 Å². The van der Waals surface area contributed by atoms with Crippen LogP contribution in [0.3, 0.4) is 0 Å². The van der Waals surface area contributed by atoms with Gasteiger partial charge < -0.3 is 10.1 Å². The Kier molecular flexibility index (Phi) is 3.85. The summed E-state index contributed by atoms with van der Waals surface area (Å²) in [5, 5.41) is 2.73. The van der Waals surface area contributed by atoms with Gasteiger partial charge in [-0.25, -0.2) is 0 Å². The molecule has 1 N–H and O–H groups in total. The van der Waals surface area contributed by atoms with Crippen molar-refractivity contribution in [2.24, 2.45) is 0 Å². The summed E-state index contributed by atoms with van der Waals surface area (Å²) in [5.74, 6) is -0.139. The third-order valence-electron chi connectivity index (χ3n) is 1.86. The lowest BCUT2D eigenvalue weighted by molar-refractivity contribution is -0.108. The van der Waals surface area contributed by atoms with Crippen molar-refractivity contribution in [3.05, 3.63) is 35.9 Å². The van der Waals surface area contributed by atoms with Crippen molar-refractivity contribution in [3.63, 3.8) is 0 Å². The lowest BCUT2D eigenvalue weighted by Gasteiger charge is -2.10. The van der Waals surface area contributed by atoms with Gasteiger partial charge in [0.15, 0.2) is 0 Å². The Labute approximate surface area is 83.1 Å². The topological polar surface area (TPSA) is 46.2 Å². The molecule has 1 amide bonds. The smallest absolute Gasteiger partial charge is 0.251 e. The molecule has 1 unspecified atom stereocenters. The molecule has 1 aromatic rings. The van der Waals surface area contributed by atoms with Crippen LogP contribution >= 0.6 is 0 Å². The fourth-order valence-electron chi connectivity index (χ4n) is 1.10. The van der Waals surface area contributed by atoms with Gasteiger partial charge in [0.05, 0.1) is 0 Å². The number of hydrogen-bond acceptors (Lipinski definition) is 2. The fraction of sp³-hybridized carbons (Fsp3) is 0.273. The first-order valence-electron chi connectivity index (χ1n) is 4.53. The van der Waals surface area contributed by atoms with Crippen LogP contribution in [0, 0.1) is 0 Å². The van der Waals surface area contributed by atoms with Gasteiger partial charge in [-0.05, 0) is 19.1 Å². The van der Waals surface area contributed by atoms with E-state index in [4.69, 9.17) is 0 Å². The second kappa shape index (κ2) is 5.17. The van der Waals surface area contributed by atoms with Gasteiger partial charge in [-0.15, -0.1) is 0 Å². The molecular formula is C11H13NO2. The van der Waals surface area contributed by atoms with Crippen LogP contribution in [-0.4, -0.2) is 18.2 Å². The highest BCUT2D eigenvalue weighted by Gasteiger charge is 2.07. The van der Waals surface area contributed by atoms with Crippen LogP contribution in [-0.2, 0) is 4.79 Å². The van der Waals surface area contributed by atoms with Crippen molar-refractivity contribution in [3.8, 4) is 0 Å². The predicted molar refractivity (Wildman–Crippen MR) is 54.1 cm³/mol. The summed E-state index contributed by atoms with van der Waals surface area (Å²) < 4.78 is 0. The molecule has 0 radical (unpaired) electrons. The molecule has 3 nitrogen and oxygen atoms in total. The maximum absolute atomic E-state index is 11.5. The summed E-state index contributed by atoms with van der Waals surface area (Å²) in [6, 6.07) is 8.83. The molecule has 74 valence electrons. The van der Waals surface area contributed by atoms with E-state index in [1.54, 1.807) is 31.2 Å². The normalized spacial score (nSPS) is 11.8. The highest BCUT2D eigenvalue weighted by Crippen LogP contribution is 1.99. The molecule has 1 atom stereocenters. The Bertz CT molecular complexity index is 308. The van der Waals surface area contributed by atoms with Gasteiger partial charge in [-0.2, -0.15) is 0 Å². The molecule has 0 fully saturated rings. The van der Waals surface area contributed by atoms with E-state index in [2.05, 4.69) is 5.32 Å². The highest BCUT2D eigenvalue weighted by atomic mass is 16.1. The average molecular weight is 191 g/mol. The van der Waals surface area contributed by atoms with Crippen LogP contribution in [0.4, 0.5) is 0 Å². The summed E-state index contributed by atoms with van der Waals surface area (Å²) in [7, 11) is 0. The Morgan fingerprint density at radius 1 is 1.43 bits per heavy atom. The zero-order valence-corrected chi connectivity index (χ0v) is 8.07. The zero-order chi connectivity index (χ0) is 10.4. The molecule has 0 bridgehead atoms. The van der Waals surface area contributed by atoms with Gasteiger partial charge in [0.2, 0.25) is 0 Å². The Balaban J connectivity index is 2.55. The van der Waals surface area contributed by atoms with E-state index >= 15 is 0 Å². The van der Waals surface area contributed by atoms with E-state index in [-0.39, 0.29) is 11.9 Å². The summed E-state index contributed by atoms with van der Waals surface area (Å²) >= 11 is 0. The first-order chi connectivity index (χ1) is 6.74. The molecule has 0 saturated heterocycles. The minimum atomic E-state index is -0.139. The lowest BCUT2D eigenvalue weighted by Crippen LogP contribution is -2.32. The van der Waals surface area contributed by atoms with Gasteiger partial charge >= 0.3 is 0 Å². The van der Waals surface area contributed by atoms with Crippen LogP contribution in [0.1, 0.15) is 23.7 Å². The van der Waals surface area contributed by atoms with Gasteiger partial charge in [-0.3, -0.25) is 4.79 Å². The molecule has 3 heteroatoms. The van der Waals surface area contributed by atoms with Crippen LogP contribution in [0.15, 0.2) is 30.3 Å². The standard InChI is InChI=1S/C11H13NO2/c1-9(7-8-13)12-11(14)10-5-3-2-4-6-10/h2-6,8-9H,7H2,1H3,(H,12,14). The second-order valence-electron chi connectivity index (χ2n) is 3.14. The number of benzene rings is 1. The summed E-state index contributed by atoms with van der Waals surface area (Å²) in [4.78, 5) is 21.7. The number of nitrogens with one attached hydrogen (secondary N) is 1. The van der Waals surface area contributed by atoms with E-state index in [0.29, 0.717) is 12.0 Å². The average Bonchev–Trinajstić information content (AvgIpc) is 2.19. The molecule has 0 aliphatic rings. The zero-order valence-electron chi connectivity index (χ0n) is 8.07. The highest BCUT2D eigenvalue weighted by molar-refractivity contribution is 5.94. The van der Waals surface area contributed by atoms with E-state index < -0.39 is 0 Å². The quantitative estimate of drug-likeness (QED) is 0.731. The molecule has 14 heavy (non-hydrogen) atoms. The van der Waals surface area contributed by atoms with Gasteiger partial charge in [0, 0.05) is 18.0 Å². The summed E-state index contributed by atoms with van der Waals surface area (Å²) in [5.41, 5.74) is 0.616. The number of amides is 1. The maximum atomic E-state index is 11.5. The molecular weight excluding hydrogens is 178 g/mol. The second-order valence-corrected chi connectivity index (χ2v) is 3.14. The maximum Gasteiger partial charge on any atom is 0.251 e. The minimum Gasteiger partial charge on any atom is -0.349 e. The number of carbonyl (C=O) groups is 2. The fourth-order valence-corrected chi connectivity index (χ4v) is 1.10. The van der Waals surface area contributed by atoms with Crippen LogP contribution in [0.5, 0.6) is 0 Å². The Morgan fingerprint density at radius 3 is 2.64 bits per heavy atom. The van der Waals surface area contributed by atoms with E-state index in [1.807, 2.05) is 6.07 Å². The van der Waals surface area contributed by atoms with Crippen LogP contribution in [0.25, 0.3) is 0 Å². The van der Waals surface area contributed by atoms with Gasteiger partial charge in [0.1, 0.15) is 6.29 Å². The largest absolute Gasteiger partial charge is 0.349 e. The minimum absolute atomic E-state index is 0.111. The molecule has 0 aliphatic carbocycles. The Morgan fingerprint density at radius 2 is 2.07 bits per heavy atom. The van der Waals surface area contributed by atoms with Crippen LogP contribution in [0.2, 0.25) is 0 Å². The van der Waals surface area contributed by atoms with E-state index in [9.17, 15) is 9.59 Å². The SMILES string of the molecule is CC(CC=O)NC(=O)c1ccccc1. The Hall–Kier alpha value is -1.64. The number of carbonyl (C=O) groups excluding carboxylic acids is 2. The predicted octanol–water partition coefficient (Wildman–Crippen LogP) is 1.39. The van der Waals surface area contributed by atoms with Crippen molar-refractivity contribution in [2.45, 2.75) is 19.4 Å².